The van der Waals surface area contributed by atoms with Crippen LogP contribution < -0.4 is 10.6 Å². The molecule has 1 heterocycles. The Morgan fingerprint density at radius 2 is 2.21 bits per heavy atom. The maximum atomic E-state index is 5.72. The highest BCUT2D eigenvalue weighted by molar-refractivity contribution is 5.80. The van der Waals surface area contributed by atoms with Gasteiger partial charge in [-0.05, 0) is 19.8 Å². The summed E-state index contributed by atoms with van der Waals surface area (Å²) in [5.41, 5.74) is -0.00821. The molecule has 0 saturated heterocycles. The van der Waals surface area contributed by atoms with Crippen molar-refractivity contribution in [2.45, 2.75) is 58.5 Å². The molecule has 19 heavy (non-hydrogen) atoms. The van der Waals surface area contributed by atoms with Gasteiger partial charge in [0.2, 0.25) is 5.89 Å². The molecular formula is C14H24N4O. The molecule has 0 bridgehead atoms. The minimum absolute atomic E-state index is 0.00821. The molecule has 1 aliphatic rings. The van der Waals surface area contributed by atoms with Crippen LogP contribution in [-0.2, 0) is 12.0 Å². The van der Waals surface area contributed by atoms with Crippen molar-refractivity contribution in [3.63, 3.8) is 0 Å². The quantitative estimate of drug-likeness (QED) is 0.646. The van der Waals surface area contributed by atoms with Crippen molar-refractivity contribution in [2.75, 3.05) is 6.54 Å². The Hall–Kier alpha value is -1.52. The van der Waals surface area contributed by atoms with Gasteiger partial charge in [-0.1, -0.05) is 20.8 Å². The van der Waals surface area contributed by atoms with Gasteiger partial charge in [-0.3, -0.25) is 0 Å². The molecule has 1 fully saturated rings. The third-order valence-corrected chi connectivity index (χ3v) is 2.93. The summed E-state index contributed by atoms with van der Waals surface area (Å²) in [6, 6.07) is 0.590. The Morgan fingerprint density at radius 3 is 2.74 bits per heavy atom. The van der Waals surface area contributed by atoms with Crippen LogP contribution in [0.1, 0.15) is 52.2 Å². The Bertz CT molecular complexity index is 441. The smallest absolute Gasteiger partial charge is 0.216 e. The molecule has 106 valence electrons. The number of guanidine groups is 1. The molecule has 0 radical (unpaired) electrons. The van der Waals surface area contributed by atoms with Crippen LogP contribution in [0.25, 0.3) is 0 Å². The Labute approximate surface area is 114 Å². The topological polar surface area (TPSA) is 62.5 Å². The summed E-state index contributed by atoms with van der Waals surface area (Å²) < 4.78 is 5.72. The number of hydrogen-bond acceptors (Lipinski definition) is 3. The average Bonchev–Trinajstić information content (AvgIpc) is 3.00. The fourth-order valence-electron chi connectivity index (χ4n) is 1.62. The summed E-state index contributed by atoms with van der Waals surface area (Å²) in [7, 11) is 0. The van der Waals surface area contributed by atoms with Crippen LogP contribution in [0.4, 0.5) is 0 Å². The maximum absolute atomic E-state index is 5.72. The van der Waals surface area contributed by atoms with E-state index in [4.69, 9.17) is 4.42 Å². The first-order chi connectivity index (χ1) is 8.99. The van der Waals surface area contributed by atoms with E-state index in [1.54, 1.807) is 6.20 Å². The van der Waals surface area contributed by atoms with Crippen molar-refractivity contribution < 1.29 is 4.42 Å². The first kappa shape index (κ1) is 13.9. The fraction of sp³-hybridized carbons (Fsp3) is 0.714. The predicted octanol–water partition coefficient (Wildman–Crippen LogP) is 2.19. The van der Waals surface area contributed by atoms with Crippen molar-refractivity contribution in [2.24, 2.45) is 4.99 Å². The molecule has 1 saturated carbocycles. The van der Waals surface area contributed by atoms with E-state index in [-0.39, 0.29) is 5.41 Å². The zero-order valence-corrected chi connectivity index (χ0v) is 12.3. The molecule has 2 rings (SSSR count). The minimum Gasteiger partial charge on any atom is -0.443 e. The van der Waals surface area contributed by atoms with Gasteiger partial charge in [0.15, 0.2) is 5.96 Å². The van der Waals surface area contributed by atoms with Crippen molar-refractivity contribution >= 4 is 5.96 Å². The van der Waals surface area contributed by atoms with Gasteiger partial charge >= 0.3 is 0 Å². The van der Waals surface area contributed by atoms with Crippen LogP contribution >= 0.6 is 0 Å². The molecule has 0 aliphatic heterocycles. The first-order valence-electron chi connectivity index (χ1n) is 6.99. The minimum atomic E-state index is -0.00821. The molecule has 1 aromatic rings. The fourth-order valence-corrected chi connectivity index (χ4v) is 1.62. The molecule has 1 aliphatic carbocycles. The van der Waals surface area contributed by atoms with Gasteiger partial charge in [-0.25, -0.2) is 9.98 Å². The standard InChI is InChI=1S/C14H24N4O/c1-5-15-13(18-10-6-7-10)17-9-12-16-8-11(19-12)14(2,3)4/h8,10H,5-7,9H2,1-4H3,(H2,15,17,18). The monoisotopic (exact) mass is 264 g/mol. The van der Waals surface area contributed by atoms with E-state index >= 15 is 0 Å². The van der Waals surface area contributed by atoms with Gasteiger partial charge < -0.3 is 15.1 Å². The maximum Gasteiger partial charge on any atom is 0.216 e. The summed E-state index contributed by atoms with van der Waals surface area (Å²) in [6.45, 7) is 9.72. The second-order valence-electron chi connectivity index (χ2n) is 5.98. The Kier molecular flexibility index (Phi) is 4.12. The molecule has 0 aromatic carbocycles. The highest BCUT2D eigenvalue weighted by atomic mass is 16.4. The second-order valence-corrected chi connectivity index (χ2v) is 5.98. The lowest BCUT2D eigenvalue weighted by Gasteiger charge is -2.13. The summed E-state index contributed by atoms with van der Waals surface area (Å²) in [5.74, 6) is 2.41. The van der Waals surface area contributed by atoms with Crippen LogP contribution in [0.5, 0.6) is 0 Å². The molecular weight excluding hydrogens is 240 g/mol. The zero-order chi connectivity index (χ0) is 13.9. The highest BCUT2D eigenvalue weighted by Gasteiger charge is 2.22. The van der Waals surface area contributed by atoms with Crippen LogP contribution in [0.3, 0.4) is 0 Å². The number of oxazole rings is 1. The lowest BCUT2D eigenvalue weighted by atomic mass is 9.94. The van der Waals surface area contributed by atoms with Crippen molar-refractivity contribution in [1.29, 1.82) is 0 Å². The third kappa shape index (κ3) is 4.26. The lowest BCUT2D eigenvalue weighted by molar-refractivity contribution is 0.383. The predicted molar refractivity (Wildman–Crippen MR) is 76.2 cm³/mol. The average molecular weight is 264 g/mol. The van der Waals surface area contributed by atoms with Gasteiger partial charge in [-0.15, -0.1) is 0 Å². The number of hydrogen-bond donors (Lipinski definition) is 2. The van der Waals surface area contributed by atoms with Crippen LogP contribution in [0.2, 0.25) is 0 Å². The largest absolute Gasteiger partial charge is 0.443 e. The van der Waals surface area contributed by atoms with E-state index < -0.39 is 0 Å². The molecule has 5 heteroatoms. The van der Waals surface area contributed by atoms with E-state index in [2.05, 4.69) is 48.3 Å². The zero-order valence-electron chi connectivity index (χ0n) is 12.3. The van der Waals surface area contributed by atoms with Crippen LogP contribution in [0.15, 0.2) is 15.6 Å². The van der Waals surface area contributed by atoms with Crippen molar-refractivity contribution in [3.05, 3.63) is 17.8 Å². The van der Waals surface area contributed by atoms with Gasteiger partial charge in [0, 0.05) is 18.0 Å². The van der Waals surface area contributed by atoms with E-state index in [9.17, 15) is 0 Å². The summed E-state index contributed by atoms with van der Waals surface area (Å²) >= 11 is 0. The van der Waals surface area contributed by atoms with Crippen LogP contribution in [-0.4, -0.2) is 23.5 Å². The van der Waals surface area contributed by atoms with Gasteiger partial charge in [0.1, 0.15) is 12.3 Å². The lowest BCUT2D eigenvalue weighted by Crippen LogP contribution is -2.38. The van der Waals surface area contributed by atoms with Gasteiger partial charge in [-0.2, -0.15) is 0 Å². The SMILES string of the molecule is CCNC(=NCc1ncc(C(C)(C)C)o1)NC1CC1. The van der Waals surface area contributed by atoms with Gasteiger partial charge in [0.25, 0.3) is 0 Å². The van der Waals surface area contributed by atoms with Crippen LogP contribution in [0, 0.1) is 0 Å². The Balaban J connectivity index is 1.96. The number of rotatable bonds is 4. The number of nitrogens with zero attached hydrogens (tertiary/aromatic N) is 2. The first-order valence-corrected chi connectivity index (χ1v) is 6.99. The molecule has 0 unspecified atom stereocenters. The Morgan fingerprint density at radius 1 is 1.47 bits per heavy atom. The summed E-state index contributed by atoms with van der Waals surface area (Å²) in [6.07, 6.45) is 4.27. The molecule has 5 nitrogen and oxygen atoms in total. The summed E-state index contributed by atoms with van der Waals surface area (Å²) in [5, 5.41) is 6.60. The van der Waals surface area contributed by atoms with E-state index in [0.717, 1.165) is 18.3 Å². The number of nitrogens with one attached hydrogen (secondary N) is 2. The van der Waals surface area contributed by atoms with E-state index in [1.165, 1.54) is 12.8 Å². The number of aliphatic imine (C=N–C) groups is 1. The third-order valence-electron chi connectivity index (χ3n) is 2.93. The van der Waals surface area contributed by atoms with Crippen molar-refractivity contribution in [1.82, 2.24) is 15.6 Å². The molecule has 0 spiro atoms. The highest BCUT2D eigenvalue weighted by Crippen LogP contribution is 2.23. The molecule has 1 aromatic heterocycles. The molecule has 0 atom stereocenters. The normalized spacial score (nSPS) is 16.5. The van der Waals surface area contributed by atoms with E-state index in [1.807, 2.05) is 0 Å². The molecule has 0 amide bonds. The van der Waals surface area contributed by atoms with Crippen molar-refractivity contribution in [3.8, 4) is 0 Å². The second kappa shape index (κ2) is 5.63. The molecule has 2 N–H and O–H groups in total. The van der Waals surface area contributed by atoms with E-state index in [0.29, 0.717) is 18.5 Å². The number of aromatic nitrogens is 1. The van der Waals surface area contributed by atoms with Gasteiger partial charge in [0.05, 0.1) is 6.20 Å². The summed E-state index contributed by atoms with van der Waals surface area (Å²) in [4.78, 5) is 8.78.